The van der Waals surface area contributed by atoms with E-state index in [1.807, 2.05) is 11.8 Å². The second-order valence-electron chi connectivity index (χ2n) is 6.26. The van der Waals surface area contributed by atoms with Crippen LogP contribution in [0.2, 0.25) is 0 Å². The maximum Gasteiger partial charge on any atom is 0.243 e. The summed E-state index contributed by atoms with van der Waals surface area (Å²) < 4.78 is 11.2. The summed E-state index contributed by atoms with van der Waals surface area (Å²) >= 11 is 0. The maximum atomic E-state index is 12.8. The summed E-state index contributed by atoms with van der Waals surface area (Å²) in [7, 11) is 1.72. The molecule has 5 heteroatoms. The van der Waals surface area contributed by atoms with Crippen LogP contribution in [0.25, 0.3) is 0 Å². The normalized spacial score (nSPS) is 37.9. The number of carbonyl (C=O) groups excluding carboxylic acids is 1. The first-order valence-corrected chi connectivity index (χ1v) is 7.72. The fraction of sp³-hybridized carbons (Fsp3) is 0.933. The molecule has 3 unspecified atom stereocenters. The van der Waals surface area contributed by atoms with E-state index in [2.05, 4.69) is 19.2 Å². The Morgan fingerprint density at radius 2 is 2.25 bits per heavy atom. The van der Waals surface area contributed by atoms with Crippen LogP contribution in [0.1, 0.15) is 46.5 Å². The third kappa shape index (κ3) is 2.71. The molecule has 0 aromatic rings. The van der Waals surface area contributed by atoms with Gasteiger partial charge in [0.1, 0.15) is 5.60 Å². The summed E-state index contributed by atoms with van der Waals surface area (Å²) in [5.74, 6) is 0.196. The van der Waals surface area contributed by atoms with Crippen molar-refractivity contribution in [1.29, 1.82) is 0 Å². The summed E-state index contributed by atoms with van der Waals surface area (Å²) in [5, 5.41) is 3.51. The van der Waals surface area contributed by atoms with Gasteiger partial charge >= 0.3 is 0 Å². The fourth-order valence-electron chi connectivity index (χ4n) is 3.15. The Bertz CT molecular complexity index is 355. The van der Waals surface area contributed by atoms with Gasteiger partial charge in [-0.15, -0.1) is 0 Å². The Labute approximate surface area is 122 Å². The molecular weight excluding hydrogens is 256 g/mol. The summed E-state index contributed by atoms with van der Waals surface area (Å²) in [6, 6.07) is 0. The number of nitrogens with zero attached hydrogens (tertiary/aromatic N) is 1. The maximum absolute atomic E-state index is 12.8. The van der Waals surface area contributed by atoms with Crippen LogP contribution in [0, 0.1) is 0 Å². The van der Waals surface area contributed by atoms with Crippen LogP contribution in [0.15, 0.2) is 0 Å². The van der Waals surface area contributed by atoms with Crippen molar-refractivity contribution in [3.8, 4) is 0 Å². The molecule has 2 aliphatic rings. The van der Waals surface area contributed by atoms with Gasteiger partial charge in [0.05, 0.1) is 24.9 Å². The lowest BCUT2D eigenvalue weighted by Crippen LogP contribution is -2.50. The van der Waals surface area contributed by atoms with Crippen molar-refractivity contribution >= 4 is 5.91 Å². The number of ether oxygens (including phenoxy) is 2. The largest absolute Gasteiger partial charge is 0.378 e. The van der Waals surface area contributed by atoms with E-state index in [1.54, 1.807) is 7.11 Å². The molecule has 0 aromatic heterocycles. The van der Waals surface area contributed by atoms with E-state index in [4.69, 9.17) is 9.47 Å². The van der Waals surface area contributed by atoms with Gasteiger partial charge in [-0.25, -0.2) is 0 Å². The molecule has 0 spiro atoms. The molecule has 0 aliphatic carbocycles. The third-order valence-electron chi connectivity index (χ3n) is 4.82. The smallest absolute Gasteiger partial charge is 0.243 e. The standard InChI is InChI=1S/C15H28N2O3/c1-5-7-12-16-14(3,6-2)13(18)17(12)10-15(19-4)8-9-20-11-15/h12,16H,5-11H2,1-4H3. The summed E-state index contributed by atoms with van der Waals surface area (Å²) in [4.78, 5) is 14.7. The minimum atomic E-state index is -0.436. The van der Waals surface area contributed by atoms with E-state index in [0.717, 1.165) is 25.7 Å². The summed E-state index contributed by atoms with van der Waals surface area (Å²) in [5.41, 5.74) is -0.767. The Morgan fingerprint density at radius 3 is 2.75 bits per heavy atom. The van der Waals surface area contributed by atoms with Crippen LogP contribution in [0.3, 0.4) is 0 Å². The molecule has 2 saturated heterocycles. The minimum Gasteiger partial charge on any atom is -0.378 e. The van der Waals surface area contributed by atoms with Crippen LogP contribution in [0.5, 0.6) is 0 Å². The van der Waals surface area contributed by atoms with Gasteiger partial charge in [0, 0.05) is 20.1 Å². The molecule has 0 radical (unpaired) electrons. The van der Waals surface area contributed by atoms with Crippen molar-refractivity contribution in [2.75, 3.05) is 26.9 Å². The lowest BCUT2D eigenvalue weighted by molar-refractivity contribution is -0.137. The molecule has 1 amide bonds. The zero-order chi connectivity index (χ0) is 14.8. The van der Waals surface area contributed by atoms with Gasteiger partial charge in [0.15, 0.2) is 0 Å². The highest BCUT2D eigenvalue weighted by Crippen LogP contribution is 2.31. The molecule has 2 rings (SSSR count). The van der Waals surface area contributed by atoms with Crippen molar-refractivity contribution < 1.29 is 14.3 Å². The van der Waals surface area contributed by atoms with Crippen molar-refractivity contribution in [3.63, 3.8) is 0 Å². The van der Waals surface area contributed by atoms with Crippen molar-refractivity contribution in [2.24, 2.45) is 0 Å². The first-order chi connectivity index (χ1) is 9.50. The molecule has 3 atom stereocenters. The number of nitrogens with one attached hydrogen (secondary N) is 1. The summed E-state index contributed by atoms with van der Waals surface area (Å²) in [6.45, 7) is 8.12. The Kier molecular flexibility index (Phi) is 4.72. The van der Waals surface area contributed by atoms with Gasteiger partial charge in [0.25, 0.3) is 0 Å². The van der Waals surface area contributed by atoms with E-state index in [1.165, 1.54) is 0 Å². The van der Waals surface area contributed by atoms with Gasteiger partial charge in [-0.3, -0.25) is 10.1 Å². The SMILES string of the molecule is CCCC1NC(C)(CC)C(=O)N1CC1(OC)CCOC1. The van der Waals surface area contributed by atoms with Gasteiger partial charge in [-0.05, 0) is 19.8 Å². The van der Waals surface area contributed by atoms with E-state index in [-0.39, 0.29) is 17.7 Å². The van der Waals surface area contributed by atoms with E-state index >= 15 is 0 Å². The molecule has 5 nitrogen and oxygen atoms in total. The molecular formula is C15H28N2O3. The van der Waals surface area contributed by atoms with Crippen LogP contribution in [0.4, 0.5) is 0 Å². The van der Waals surface area contributed by atoms with E-state index in [0.29, 0.717) is 19.8 Å². The minimum absolute atomic E-state index is 0.116. The number of amides is 1. The van der Waals surface area contributed by atoms with E-state index in [9.17, 15) is 4.79 Å². The van der Waals surface area contributed by atoms with Gasteiger partial charge in [-0.2, -0.15) is 0 Å². The molecule has 1 N–H and O–H groups in total. The molecule has 0 bridgehead atoms. The fourth-order valence-corrected chi connectivity index (χ4v) is 3.15. The molecule has 0 saturated carbocycles. The summed E-state index contributed by atoms with van der Waals surface area (Å²) in [6.07, 6.45) is 3.80. The van der Waals surface area contributed by atoms with Gasteiger partial charge in [0.2, 0.25) is 5.91 Å². The first kappa shape index (κ1) is 15.7. The van der Waals surface area contributed by atoms with Crippen LogP contribution in [-0.2, 0) is 14.3 Å². The lowest BCUT2D eigenvalue weighted by Gasteiger charge is -2.34. The number of methoxy groups -OCH3 is 1. The monoisotopic (exact) mass is 284 g/mol. The second-order valence-corrected chi connectivity index (χ2v) is 6.26. The zero-order valence-electron chi connectivity index (χ0n) is 13.2. The molecule has 116 valence electrons. The van der Waals surface area contributed by atoms with Crippen molar-refractivity contribution in [3.05, 3.63) is 0 Å². The second kappa shape index (κ2) is 6.00. The highest BCUT2D eigenvalue weighted by Gasteiger charge is 2.49. The average Bonchev–Trinajstić information content (AvgIpc) is 3.00. The van der Waals surface area contributed by atoms with Crippen LogP contribution in [-0.4, -0.2) is 55.0 Å². The number of hydrogen-bond donors (Lipinski definition) is 1. The molecule has 20 heavy (non-hydrogen) atoms. The predicted molar refractivity (Wildman–Crippen MR) is 77.4 cm³/mol. The van der Waals surface area contributed by atoms with E-state index < -0.39 is 5.54 Å². The zero-order valence-corrected chi connectivity index (χ0v) is 13.2. The Hall–Kier alpha value is -0.650. The predicted octanol–water partition coefficient (Wildman–Crippen LogP) is 1.52. The molecule has 2 aliphatic heterocycles. The first-order valence-electron chi connectivity index (χ1n) is 7.72. The molecule has 2 fully saturated rings. The van der Waals surface area contributed by atoms with Gasteiger partial charge < -0.3 is 14.4 Å². The molecule has 2 heterocycles. The lowest BCUT2D eigenvalue weighted by atomic mass is 9.98. The van der Waals surface area contributed by atoms with Crippen molar-refractivity contribution in [2.45, 2.75) is 63.8 Å². The van der Waals surface area contributed by atoms with Crippen LogP contribution < -0.4 is 5.32 Å². The van der Waals surface area contributed by atoms with Gasteiger partial charge in [-0.1, -0.05) is 20.3 Å². The Balaban J connectivity index is 2.16. The highest BCUT2D eigenvalue weighted by atomic mass is 16.5. The highest BCUT2D eigenvalue weighted by molar-refractivity contribution is 5.88. The van der Waals surface area contributed by atoms with Crippen LogP contribution >= 0.6 is 0 Å². The number of hydrogen-bond acceptors (Lipinski definition) is 4. The molecule has 0 aromatic carbocycles. The Morgan fingerprint density at radius 1 is 1.50 bits per heavy atom. The number of rotatable bonds is 6. The topological polar surface area (TPSA) is 50.8 Å². The van der Waals surface area contributed by atoms with Crippen molar-refractivity contribution in [1.82, 2.24) is 10.2 Å². The number of carbonyl (C=O) groups is 1. The average molecular weight is 284 g/mol. The third-order valence-corrected chi connectivity index (χ3v) is 4.82. The quantitative estimate of drug-likeness (QED) is 0.803.